The van der Waals surface area contributed by atoms with Gasteiger partial charge in [-0.1, -0.05) is 30.3 Å². The summed E-state index contributed by atoms with van der Waals surface area (Å²) in [7, 11) is -4.42. The van der Waals surface area contributed by atoms with Crippen LogP contribution in [0.3, 0.4) is 0 Å². The fraction of sp³-hybridized carbons (Fsp3) is 0.0435. The van der Waals surface area contributed by atoms with Gasteiger partial charge < -0.3 is 34.6 Å². The smallest absolute Gasteiger partial charge is 0.398 e. The normalized spacial score (nSPS) is 11.7. The SMILES string of the molecule is O=P(O)(O)C(c1ccccc1)[n+]1ccc(-c2cc[n+](-c3ccc(F)cc3)cc2)cc1.[Cl-].[Cl-]. The highest BCUT2D eigenvalue weighted by Gasteiger charge is 2.38. The van der Waals surface area contributed by atoms with Crippen LogP contribution in [0.15, 0.2) is 104 Å². The van der Waals surface area contributed by atoms with Crippen molar-refractivity contribution in [3.8, 4) is 16.8 Å². The van der Waals surface area contributed by atoms with E-state index < -0.39 is 13.4 Å². The van der Waals surface area contributed by atoms with E-state index in [0.717, 1.165) is 16.8 Å². The molecule has 0 aliphatic rings. The van der Waals surface area contributed by atoms with Crippen LogP contribution in [-0.2, 0) is 4.57 Å². The van der Waals surface area contributed by atoms with Crippen molar-refractivity contribution < 1.29 is 52.7 Å². The van der Waals surface area contributed by atoms with Gasteiger partial charge in [-0.25, -0.2) is 4.39 Å². The maximum Gasteiger partial charge on any atom is 0.398 e. The van der Waals surface area contributed by atoms with Gasteiger partial charge in [0.15, 0.2) is 24.8 Å². The highest BCUT2D eigenvalue weighted by Crippen LogP contribution is 2.49. The molecule has 4 rings (SSSR count). The second-order valence-corrected chi connectivity index (χ2v) is 8.55. The molecule has 0 aliphatic carbocycles. The zero-order chi connectivity index (χ0) is 21.1. The lowest BCUT2D eigenvalue weighted by Crippen LogP contribution is -3.00. The molecule has 1 unspecified atom stereocenters. The van der Waals surface area contributed by atoms with Crippen molar-refractivity contribution in [3.63, 3.8) is 0 Å². The van der Waals surface area contributed by atoms with E-state index in [1.807, 2.05) is 47.3 Å². The van der Waals surface area contributed by atoms with E-state index in [9.17, 15) is 18.7 Å². The Morgan fingerprint density at radius 1 is 0.719 bits per heavy atom. The Morgan fingerprint density at radius 2 is 1.22 bits per heavy atom. The van der Waals surface area contributed by atoms with Crippen LogP contribution >= 0.6 is 7.60 Å². The summed E-state index contributed by atoms with van der Waals surface area (Å²) in [5.74, 6) is -1.36. The van der Waals surface area contributed by atoms with Gasteiger partial charge in [0.2, 0.25) is 5.69 Å². The van der Waals surface area contributed by atoms with Crippen LogP contribution in [0.5, 0.6) is 0 Å². The third-order valence-electron chi connectivity index (χ3n) is 4.84. The van der Waals surface area contributed by atoms with Crippen LogP contribution in [0, 0.1) is 5.82 Å². The van der Waals surface area contributed by atoms with E-state index in [-0.39, 0.29) is 30.6 Å². The summed E-state index contributed by atoms with van der Waals surface area (Å²) in [6.07, 6.45) is 7.11. The summed E-state index contributed by atoms with van der Waals surface area (Å²) in [5.41, 5.74) is 3.26. The summed E-state index contributed by atoms with van der Waals surface area (Å²) in [4.78, 5) is 19.8. The van der Waals surface area contributed by atoms with Gasteiger partial charge in [-0.15, -0.1) is 0 Å². The van der Waals surface area contributed by atoms with Gasteiger partial charge in [0, 0.05) is 42.0 Å². The van der Waals surface area contributed by atoms with Gasteiger partial charge in [0.25, 0.3) is 5.78 Å². The Bertz CT molecular complexity index is 1190. The number of nitrogens with zero attached hydrogens (tertiary/aromatic N) is 2. The Morgan fingerprint density at radius 3 is 1.72 bits per heavy atom. The molecule has 4 aromatic rings. The number of aromatic nitrogens is 2. The van der Waals surface area contributed by atoms with Crippen molar-refractivity contribution in [1.29, 1.82) is 0 Å². The van der Waals surface area contributed by atoms with E-state index in [1.54, 1.807) is 48.8 Å². The van der Waals surface area contributed by atoms with E-state index in [2.05, 4.69) is 0 Å². The largest absolute Gasteiger partial charge is 1.00 e. The molecule has 1 atom stereocenters. The molecule has 0 fully saturated rings. The zero-order valence-corrected chi connectivity index (χ0v) is 19.1. The van der Waals surface area contributed by atoms with Crippen molar-refractivity contribution in [2.75, 3.05) is 0 Å². The molecule has 2 N–H and O–H groups in total. The first-order chi connectivity index (χ1) is 14.4. The fourth-order valence-electron chi connectivity index (χ4n) is 3.36. The van der Waals surface area contributed by atoms with Crippen LogP contribution in [0.1, 0.15) is 11.3 Å². The maximum atomic E-state index is 13.1. The van der Waals surface area contributed by atoms with Crippen molar-refractivity contribution >= 4 is 7.60 Å². The lowest BCUT2D eigenvalue weighted by Gasteiger charge is -2.14. The number of benzene rings is 2. The standard InChI is InChI=1S/C23H18FN2O3P.2ClH/c24-21-6-8-22(9-7-21)25-14-10-18(11-15-25)19-12-16-26(17-13-19)23(30(27,28)29)20-4-2-1-3-5-20;;/h1-17,23H;2*1H. The van der Waals surface area contributed by atoms with Crippen LogP contribution in [0.4, 0.5) is 4.39 Å². The molecule has 0 saturated carbocycles. The summed E-state index contributed by atoms with van der Waals surface area (Å²) in [5, 5.41) is 0. The molecule has 0 spiro atoms. The van der Waals surface area contributed by atoms with Crippen LogP contribution in [-0.4, -0.2) is 9.79 Å². The van der Waals surface area contributed by atoms with Gasteiger partial charge in [0.1, 0.15) is 5.82 Å². The fourth-order valence-corrected chi connectivity index (χ4v) is 4.42. The molecule has 0 amide bonds. The highest BCUT2D eigenvalue weighted by atomic mass is 35.5. The van der Waals surface area contributed by atoms with Gasteiger partial charge >= 0.3 is 7.60 Å². The third kappa shape index (κ3) is 5.80. The van der Waals surface area contributed by atoms with Crippen molar-refractivity contribution in [2.45, 2.75) is 5.78 Å². The Balaban J connectivity index is 0.00000181. The van der Waals surface area contributed by atoms with Crippen molar-refractivity contribution in [1.82, 2.24) is 0 Å². The number of pyridine rings is 2. The minimum absolute atomic E-state index is 0. The Hall–Kier alpha value is -2.60. The minimum Gasteiger partial charge on any atom is -1.00 e. The molecular formula is C23H20Cl2FN2O3P. The van der Waals surface area contributed by atoms with Crippen LogP contribution in [0.25, 0.3) is 16.8 Å². The predicted octanol–water partition coefficient (Wildman–Crippen LogP) is -2.21. The number of halogens is 3. The lowest BCUT2D eigenvalue weighted by atomic mass is 10.1. The second kappa shape index (κ2) is 10.8. The van der Waals surface area contributed by atoms with Crippen molar-refractivity contribution in [3.05, 3.63) is 115 Å². The van der Waals surface area contributed by atoms with E-state index in [0.29, 0.717) is 5.56 Å². The van der Waals surface area contributed by atoms with Gasteiger partial charge in [-0.2, -0.15) is 9.13 Å². The summed E-state index contributed by atoms with van der Waals surface area (Å²) < 4.78 is 28.6. The van der Waals surface area contributed by atoms with E-state index >= 15 is 0 Å². The molecule has 0 bridgehead atoms. The Kier molecular flexibility index (Phi) is 8.67. The minimum atomic E-state index is -4.42. The molecule has 2 aromatic heterocycles. The first-order valence-corrected chi connectivity index (χ1v) is 11.0. The molecule has 0 aliphatic heterocycles. The number of hydrogen-bond donors (Lipinski definition) is 2. The number of rotatable bonds is 5. The molecule has 32 heavy (non-hydrogen) atoms. The average Bonchev–Trinajstić information content (AvgIpc) is 2.75. The van der Waals surface area contributed by atoms with Crippen LogP contribution in [0.2, 0.25) is 0 Å². The molecule has 166 valence electrons. The van der Waals surface area contributed by atoms with Crippen molar-refractivity contribution in [2.24, 2.45) is 0 Å². The second-order valence-electron chi connectivity index (χ2n) is 6.88. The molecule has 2 heterocycles. The van der Waals surface area contributed by atoms with E-state index in [1.165, 1.54) is 16.7 Å². The van der Waals surface area contributed by atoms with Crippen LogP contribution < -0.4 is 33.9 Å². The maximum absolute atomic E-state index is 13.1. The quantitative estimate of drug-likeness (QED) is 0.245. The van der Waals surface area contributed by atoms with E-state index in [4.69, 9.17) is 0 Å². The lowest BCUT2D eigenvalue weighted by molar-refractivity contribution is -0.695. The molecule has 0 saturated heterocycles. The summed E-state index contributed by atoms with van der Waals surface area (Å²) in [6, 6.07) is 22.5. The summed E-state index contributed by atoms with van der Waals surface area (Å²) >= 11 is 0. The molecule has 2 aromatic carbocycles. The molecule has 5 nitrogen and oxygen atoms in total. The van der Waals surface area contributed by atoms with Gasteiger partial charge in [-0.3, -0.25) is 4.57 Å². The molecule has 0 radical (unpaired) electrons. The predicted molar refractivity (Wildman–Crippen MR) is 110 cm³/mol. The first-order valence-electron chi connectivity index (χ1n) is 9.30. The highest BCUT2D eigenvalue weighted by molar-refractivity contribution is 7.51. The average molecular weight is 493 g/mol. The third-order valence-corrected chi connectivity index (χ3v) is 6.04. The number of hydrogen-bond acceptors (Lipinski definition) is 1. The topological polar surface area (TPSA) is 65.3 Å². The van der Waals surface area contributed by atoms with Gasteiger partial charge in [-0.05, 0) is 23.3 Å². The van der Waals surface area contributed by atoms with Gasteiger partial charge in [0.05, 0.1) is 0 Å². The zero-order valence-electron chi connectivity index (χ0n) is 16.7. The molecular weight excluding hydrogens is 473 g/mol. The molecule has 9 heteroatoms. The monoisotopic (exact) mass is 492 g/mol. The summed E-state index contributed by atoms with van der Waals surface area (Å²) in [6.45, 7) is 0. The Labute approximate surface area is 197 Å². The first kappa shape index (κ1) is 25.7.